The van der Waals surface area contributed by atoms with Crippen molar-refractivity contribution in [2.75, 3.05) is 4.90 Å². The number of anilines is 1. The average molecular weight is 307 g/mol. The molecule has 22 heavy (non-hydrogen) atoms. The fourth-order valence-corrected chi connectivity index (χ4v) is 3.77. The number of fused-ring (bicyclic) bond motifs is 1. The van der Waals surface area contributed by atoms with Crippen molar-refractivity contribution in [3.63, 3.8) is 0 Å². The van der Waals surface area contributed by atoms with E-state index in [0.29, 0.717) is 6.42 Å². The first-order chi connectivity index (χ1) is 10.3. The Hall–Kier alpha value is -1.58. The summed E-state index contributed by atoms with van der Waals surface area (Å²) in [5, 5.41) is 9.71. The summed E-state index contributed by atoms with van der Waals surface area (Å²) in [6, 6.07) is 4.16. The van der Waals surface area contributed by atoms with E-state index in [-0.39, 0.29) is 17.3 Å². The zero-order chi connectivity index (χ0) is 16.5. The maximum Gasteiger partial charge on any atom is 0.326 e. The lowest BCUT2D eigenvalue weighted by Crippen LogP contribution is -2.56. The Morgan fingerprint density at radius 1 is 1.50 bits per heavy atom. The number of carboxylic acid groups (broad SMARTS) is 1. The molecule has 4 heteroatoms. The van der Waals surface area contributed by atoms with E-state index in [2.05, 4.69) is 27.7 Å². The molecule has 2 unspecified atom stereocenters. The molecule has 2 rings (SSSR count). The van der Waals surface area contributed by atoms with Crippen molar-refractivity contribution in [3.05, 3.63) is 29.6 Å². The van der Waals surface area contributed by atoms with Crippen molar-refractivity contribution in [2.45, 2.75) is 70.9 Å². The summed E-state index contributed by atoms with van der Waals surface area (Å²) < 4.78 is 13.6. The van der Waals surface area contributed by atoms with Gasteiger partial charge in [-0.25, -0.2) is 9.18 Å². The maximum atomic E-state index is 13.6. The van der Waals surface area contributed by atoms with Crippen LogP contribution in [-0.2, 0) is 4.79 Å². The number of carbonyl (C=O) groups is 1. The van der Waals surface area contributed by atoms with Gasteiger partial charge in [0.25, 0.3) is 0 Å². The first-order valence-corrected chi connectivity index (χ1v) is 8.09. The second-order valence-electron chi connectivity index (χ2n) is 6.99. The Morgan fingerprint density at radius 3 is 2.77 bits per heavy atom. The zero-order valence-corrected chi connectivity index (χ0v) is 13.9. The summed E-state index contributed by atoms with van der Waals surface area (Å²) in [6.07, 6.45) is 3.26. The van der Waals surface area contributed by atoms with E-state index in [4.69, 9.17) is 0 Å². The van der Waals surface area contributed by atoms with Gasteiger partial charge in [-0.3, -0.25) is 0 Å². The molecule has 0 spiro atoms. The summed E-state index contributed by atoms with van der Waals surface area (Å²) >= 11 is 0. The van der Waals surface area contributed by atoms with Crippen LogP contribution in [0.3, 0.4) is 0 Å². The molecule has 1 heterocycles. The largest absolute Gasteiger partial charge is 0.480 e. The van der Waals surface area contributed by atoms with Gasteiger partial charge in [0.15, 0.2) is 0 Å². The minimum Gasteiger partial charge on any atom is -0.480 e. The van der Waals surface area contributed by atoms with E-state index in [1.165, 1.54) is 6.07 Å². The van der Waals surface area contributed by atoms with Gasteiger partial charge in [-0.15, -0.1) is 0 Å². The smallest absolute Gasteiger partial charge is 0.326 e. The molecule has 1 aliphatic heterocycles. The Balaban J connectivity index is 2.51. The van der Waals surface area contributed by atoms with Crippen LogP contribution in [0.1, 0.15) is 64.9 Å². The highest BCUT2D eigenvalue weighted by Crippen LogP contribution is 2.45. The molecule has 122 valence electrons. The standard InChI is InChI=1S/C18H26FNO2/c1-5-6-7-16(17(21)22)20-15-9-8-13(19)10-14(15)12(2)11-18(20,3)4/h8-10,12,16H,5-7,11H2,1-4H3,(H,21,22). The first-order valence-electron chi connectivity index (χ1n) is 8.09. The molecule has 0 aliphatic carbocycles. The SMILES string of the molecule is CCCCC(C(=O)O)N1c2ccc(F)cc2C(C)CC1(C)C. The molecule has 0 radical (unpaired) electrons. The van der Waals surface area contributed by atoms with Crippen molar-refractivity contribution in [1.82, 2.24) is 0 Å². The van der Waals surface area contributed by atoms with Gasteiger partial charge in [-0.2, -0.15) is 0 Å². The third-order valence-electron chi connectivity index (χ3n) is 4.67. The summed E-state index contributed by atoms with van der Waals surface area (Å²) in [5.74, 6) is -0.838. The van der Waals surface area contributed by atoms with E-state index in [1.54, 1.807) is 12.1 Å². The number of aliphatic carboxylic acids is 1. The molecule has 2 atom stereocenters. The minimum absolute atomic E-state index is 0.220. The topological polar surface area (TPSA) is 40.5 Å². The number of benzene rings is 1. The fourth-order valence-electron chi connectivity index (χ4n) is 3.77. The normalized spacial score (nSPS) is 21.3. The van der Waals surface area contributed by atoms with E-state index >= 15 is 0 Å². The number of hydrogen-bond acceptors (Lipinski definition) is 2. The summed E-state index contributed by atoms with van der Waals surface area (Å²) in [4.78, 5) is 13.8. The summed E-state index contributed by atoms with van der Waals surface area (Å²) in [5.41, 5.74) is 1.52. The van der Waals surface area contributed by atoms with Crippen molar-refractivity contribution >= 4 is 11.7 Å². The molecule has 3 nitrogen and oxygen atoms in total. The summed E-state index contributed by atoms with van der Waals surface area (Å²) in [6.45, 7) is 8.31. The molecule has 1 aromatic carbocycles. The third kappa shape index (κ3) is 3.11. The lowest BCUT2D eigenvalue weighted by atomic mass is 9.78. The Kier molecular flexibility index (Phi) is 4.78. The second-order valence-corrected chi connectivity index (χ2v) is 6.99. The highest BCUT2D eigenvalue weighted by Gasteiger charge is 2.42. The molecule has 1 N–H and O–H groups in total. The van der Waals surface area contributed by atoms with E-state index in [1.807, 2.05) is 4.90 Å². The molecule has 1 aromatic rings. The first kappa shape index (κ1) is 16.8. The number of nitrogens with zero attached hydrogens (tertiary/aromatic N) is 1. The minimum atomic E-state index is -0.800. The van der Waals surface area contributed by atoms with Crippen LogP contribution in [0.15, 0.2) is 18.2 Å². The molecule has 0 fully saturated rings. The number of rotatable bonds is 5. The Morgan fingerprint density at radius 2 is 2.18 bits per heavy atom. The predicted octanol–water partition coefficient (Wildman–Crippen LogP) is 4.56. The number of halogens is 1. The number of hydrogen-bond donors (Lipinski definition) is 1. The second kappa shape index (κ2) is 6.27. The van der Waals surface area contributed by atoms with Crippen LogP contribution in [0.4, 0.5) is 10.1 Å². The maximum absolute atomic E-state index is 13.6. The average Bonchev–Trinajstić information content (AvgIpc) is 2.41. The van der Waals surface area contributed by atoms with Gasteiger partial charge in [0, 0.05) is 11.2 Å². The summed E-state index contributed by atoms with van der Waals surface area (Å²) in [7, 11) is 0. The van der Waals surface area contributed by atoms with Crippen LogP contribution in [0.25, 0.3) is 0 Å². The van der Waals surface area contributed by atoms with Crippen LogP contribution >= 0.6 is 0 Å². The molecule has 1 aliphatic rings. The van der Waals surface area contributed by atoms with Gasteiger partial charge in [-0.05, 0) is 56.4 Å². The van der Waals surface area contributed by atoms with Gasteiger partial charge in [0.1, 0.15) is 11.9 Å². The van der Waals surface area contributed by atoms with Crippen molar-refractivity contribution in [1.29, 1.82) is 0 Å². The zero-order valence-electron chi connectivity index (χ0n) is 13.9. The highest BCUT2D eigenvalue weighted by molar-refractivity contribution is 5.80. The van der Waals surface area contributed by atoms with Crippen LogP contribution in [0, 0.1) is 5.82 Å². The monoisotopic (exact) mass is 307 g/mol. The lowest BCUT2D eigenvalue weighted by Gasteiger charge is -2.50. The van der Waals surface area contributed by atoms with E-state index in [0.717, 1.165) is 30.5 Å². The molecule has 0 amide bonds. The third-order valence-corrected chi connectivity index (χ3v) is 4.67. The Bertz CT molecular complexity index is 556. The van der Waals surface area contributed by atoms with Gasteiger partial charge >= 0.3 is 5.97 Å². The van der Waals surface area contributed by atoms with Crippen LogP contribution in [0.5, 0.6) is 0 Å². The highest BCUT2D eigenvalue weighted by atomic mass is 19.1. The Labute approximate surface area is 132 Å². The van der Waals surface area contributed by atoms with Gasteiger partial charge in [0.2, 0.25) is 0 Å². The molecular weight excluding hydrogens is 281 g/mol. The molecule has 0 aromatic heterocycles. The number of carboxylic acids is 1. The van der Waals surface area contributed by atoms with Gasteiger partial charge < -0.3 is 10.0 Å². The fraction of sp³-hybridized carbons (Fsp3) is 0.611. The van der Waals surface area contributed by atoms with Crippen LogP contribution in [0.2, 0.25) is 0 Å². The van der Waals surface area contributed by atoms with Crippen LogP contribution < -0.4 is 4.90 Å². The lowest BCUT2D eigenvalue weighted by molar-refractivity contribution is -0.139. The molecule has 0 bridgehead atoms. The van der Waals surface area contributed by atoms with Crippen molar-refractivity contribution in [3.8, 4) is 0 Å². The molecular formula is C18H26FNO2. The van der Waals surface area contributed by atoms with Crippen molar-refractivity contribution in [2.24, 2.45) is 0 Å². The van der Waals surface area contributed by atoms with Crippen LogP contribution in [-0.4, -0.2) is 22.7 Å². The van der Waals surface area contributed by atoms with E-state index in [9.17, 15) is 14.3 Å². The molecule has 0 saturated heterocycles. The van der Waals surface area contributed by atoms with Gasteiger partial charge in [-0.1, -0.05) is 26.7 Å². The number of unbranched alkanes of at least 4 members (excludes halogenated alkanes) is 1. The van der Waals surface area contributed by atoms with Gasteiger partial charge in [0.05, 0.1) is 0 Å². The van der Waals surface area contributed by atoms with E-state index < -0.39 is 12.0 Å². The quantitative estimate of drug-likeness (QED) is 0.867. The van der Waals surface area contributed by atoms with Crippen molar-refractivity contribution < 1.29 is 14.3 Å². The molecule has 0 saturated carbocycles. The predicted molar refractivity (Wildman–Crippen MR) is 86.9 cm³/mol.